The second kappa shape index (κ2) is 4.43. The minimum atomic E-state index is 0.800. The van der Waals surface area contributed by atoms with Crippen LogP contribution in [-0.2, 0) is 19.9 Å². The lowest BCUT2D eigenvalue weighted by Gasteiger charge is -2.23. The van der Waals surface area contributed by atoms with Crippen molar-refractivity contribution in [2.75, 3.05) is 13.6 Å². The second-order valence-corrected chi connectivity index (χ2v) is 5.62. The Morgan fingerprint density at radius 1 is 1.39 bits per heavy atom. The average Bonchev–Trinajstić information content (AvgIpc) is 2.65. The van der Waals surface area contributed by atoms with Gasteiger partial charge >= 0.3 is 0 Å². The zero-order valence-corrected chi connectivity index (χ0v) is 11.6. The maximum Gasteiger partial charge on any atom is 0.0512 e. The molecule has 2 aromatic rings. The van der Waals surface area contributed by atoms with E-state index in [9.17, 15) is 0 Å². The Bertz CT molecular complexity index is 580. The highest BCUT2D eigenvalue weighted by molar-refractivity contribution is 5.88. The Kier molecular flexibility index (Phi) is 2.90. The number of para-hydroxylation sites is 1. The van der Waals surface area contributed by atoms with Gasteiger partial charge in [0.2, 0.25) is 0 Å². The van der Waals surface area contributed by atoms with Gasteiger partial charge in [0, 0.05) is 18.1 Å². The summed E-state index contributed by atoms with van der Waals surface area (Å²) in [7, 11) is 4.29. The molecular weight excluding hydrogens is 220 g/mol. The number of aryl methyl sites for hydroxylation is 2. The standard InChI is InChI=1S/C16H22N2/c1-11-5-4-6-13-14-9-12(10-17-2)7-8-15(14)18(3)16(11)13/h4-6,12,17H,7-10H2,1-3H3. The molecule has 0 saturated heterocycles. The van der Waals surface area contributed by atoms with Crippen molar-refractivity contribution >= 4 is 10.9 Å². The summed E-state index contributed by atoms with van der Waals surface area (Å²) in [6.07, 6.45) is 3.78. The van der Waals surface area contributed by atoms with Crippen molar-refractivity contribution in [2.45, 2.75) is 26.2 Å². The topological polar surface area (TPSA) is 17.0 Å². The van der Waals surface area contributed by atoms with Gasteiger partial charge in [-0.2, -0.15) is 0 Å². The predicted octanol–water partition coefficient (Wildman–Crippen LogP) is 2.81. The maximum atomic E-state index is 3.33. The molecule has 1 aliphatic rings. The van der Waals surface area contributed by atoms with E-state index in [1.807, 2.05) is 0 Å². The first kappa shape index (κ1) is 11.8. The number of hydrogen-bond acceptors (Lipinski definition) is 1. The molecule has 3 rings (SSSR count). The predicted molar refractivity (Wildman–Crippen MR) is 77.1 cm³/mol. The van der Waals surface area contributed by atoms with Crippen molar-refractivity contribution < 1.29 is 0 Å². The Morgan fingerprint density at radius 2 is 2.22 bits per heavy atom. The summed E-state index contributed by atoms with van der Waals surface area (Å²) in [4.78, 5) is 0. The maximum absolute atomic E-state index is 3.33. The Morgan fingerprint density at radius 3 is 3.00 bits per heavy atom. The van der Waals surface area contributed by atoms with Gasteiger partial charge in [-0.05, 0) is 56.8 Å². The lowest BCUT2D eigenvalue weighted by atomic mass is 9.86. The normalized spacial score (nSPS) is 19.2. The Balaban J connectivity index is 2.14. The fraction of sp³-hybridized carbons (Fsp3) is 0.500. The van der Waals surface area contributed by atoms with Gasteiger partial charge in [-0.25, -0.2) is 0 Å². The monoisotopic (exact) mass is 242 g/mol. The van der Waals surface area contributed by atoms with Crippen LogP contribution in [0, 0.1) is 12.8 Å². The van der Waals surface area contributed by atoms with Gasteiger partial charge in [-0.15, -0.1) is 0 Å². The summed E-state index contributed by atoms with van der Waals surface area (Å²) in [6.45, 7) is 3.36. The van der Waals surface area contributed by atoms with Crippen molar-refractivity contribution in [3.05, 3.63) is 35.0 Å². The third-order valence-corrected chi connectivity index (χ3v) is 4.43. The zero-order chi connectivity index (χ0) is 12.7. The molecule has 0 aliphatic heterocycles. The molecule has 0 saturated carbocycles. The van der Waals surface area contributed by atoms with Crippen LogP contribution in [0.5, 0.6) is 0 Å². The molecular formula is C16H22N2. The molecule has 96 valence electrons. The fourth-order valence-electron chi connectivity index (χ4n) is 3.58. The van der Waals surface area contributed by atoms with Gasteiger partial charge in [-0.3, -0.25) is 0 Å². The highest BCUT2D eigenvalue weighted by Crippen LogP contribution is 2.34. The summed E-state index contributed by atoms with van der Waals surface area (Å²) in [6, 6.07) is 6.71. The van der Waals surface area contributed by atoms with Crippen LogP contribution in [0.25, 0.3) is 10.9 Å². The van der Waals surface area contributed by atoms with Crippen molar-refractivity contribution in [2.24, 2.45) is 13.0 Å². The van der Waals surface area contributed by atoms with Crippen LogP contribution in [0.1, 0.15) is 23.2 Å². The smallest absolute Gasteiger partial charge is 0.0512 e. The molecule has 1 aromatic heterocycles. The molecule has 1 heterocycles. The third-order valence-electron chi connectivity index (χ3n) is 4.43. The number of fused-ring (bicyclic) bond motifs is 3. The van der Waals surface area contributed by atoms with Crippen LogP contribution in [0.15, 0.2) is 18.2 Å². The van der Waals surface area contributed by atoms with Gasteiger partial charge in [0.05, 0.1) is 5.52 Å². The van der Waals surface area contributed by atoms with E-state index in [1.165, 1.54) is 35.7 Å². The summed E-state index contributed by atoms with van der Waals surface area (Å²) in [5.41, 5.74) is 6.00. The van der Waals surface area contributed by atoms with Gasteiger partial charge in [0.15, 0.2) is 0 Å². The average molecular weight is 242 g/mol. The van der Waals surface area contributed by atoms with Gasteiger partial charge in [0.1, 0.15) is 0 Å². The number of rotatable bonds is 2. The van der Waals surface area contributed by atoms with Gasteiger partial charge in [-0.1, -0.05) is 18.2 Å². The largest absolute Gasteiger partial charge is 0.347 e. The van der Waals surface area contributed by atoms with Crippen LogP contribution in [0.3, 0.4) is 0 Å². The van der Waals surface area contributed by atoms with Gasteiger partial charge in [0.25, 0.3) is 0 Å². The van der Waals surface area contributed by atoms with E-state index in [2.05, 4.69) is 49.1 Å². The van der Waals surface area contributed by atoms with Crippen molar-refractivity contribution in [1.29, 1.82) is 0 Å². The molecule has 18 heavy (non-hydrogen) atoms. The van der Waals surface area contributed by atoms with E-state index in [0.717, 1.165) is 12.5 Å². The van der Waals surface area contributed by atoms with Crippen LogP contribution < -0.4 is 5.32 Å². The lowest BCUT2D eigenvalue weighted by Crippen LogP contribution is -2.25. The second-order valence-electron chi connectivity index (χ2n) is 5.62. The summed E-state index contributed by atoms with van der Waals surface area (Å²) < 4.78 is 2.43. The number of aromatic nitrogens is 1. The molecule has 1 N–H and O–H groups in total. The van der Waals surface area contributed by atoms with Crippen molar-refractivity contribution in [3.63, 3.8) is 0 Å². The Hall–Kier alpha value is -1.28. The molecule has 2 heteroatoms. The minimum Gasteiger partial charge on any atom is -0.347 e. The van der Waals surface area contributed by atoms with Crippen LogP contribution in [0.4, 0.5) is 0 Å². The zero-order valence-electron chi connectivity index (χ0n) is 11.6. The first-order chi connectivity index (χ1) is 8.72. The number of nitrogens with zero attached hydrogens (tertiary/aromatic N) is 1. The Labute approximate surface area is 109 Å². The summed E-state index contributed by atoms with van der Waals surface area (Å²) in [5, 5.41) is 4.81. The molecule has 0 radical (unpaired) electrons. The molecule has 0 bridgehead atoms. The molecule has 1 atom stereocenters. The van der Waals surface area contributed by atoms with E-state index in [1.54, 1.807) is 11.3 Å². The number of nitrogens with one attached hydrogen (secondary N) is 1. The fourth-order valence-corrected chi connectivity index (χ4v) is 3.58. The summed E-state index contributed by atoms with van der Waals surface area (Å²) in [5.74, 6) is 0.800. The SMILES string of the molecule is CNCC1CCc2c(c3cccc(C)c3n2C)C1. The number of hydrogen-bond donors (Lipinski definition) is 1. The molecule has 0 amide bonds. The number of benzene rings is 1. The van der Waals surface area contributed by atoms with E-state index in [4.69, 9.17) is 0 Å². The van der Waals surface area contributed by atoms with E-state index < -0.39 is 0 Å². The van der Waals surface area contributed by atoms with Crippen LogP contribution >= 0.6 is 0 Å². The van der Waals surface area contributed by atoms with Crippen LogP contribution in [0.2, 0.25) is 0 Å². The van der Waals surface area contributed by atoms with Crippen molar-refractivity contribution in [3.8, 4) is 0 Å². The van der Waals surface area contributed by atoms with Crippen molar-refractivity contribution in [1.82, 2.24) is 9.88 Å². The quantitative estimate of drug-likeness (QED) is 0.857. The minimum absolute atomic E-state index is 0.800. The van der Waals surface area contributed by atoms with E-state index in [0.29, 0.717) is 0 Å². The van der Waals surface area contributed by atoms with E-state index >= 15 is 0 Å². The highest BCUT2D eigenvalue weighted by atomic mass is 15.0. The molecule has 1 unspecified atom stereocenters. The summed E-state index contributed by atoms with van der Waals surface area (Å²) >= 11 is 0. The third kappa shape index (κ3) is 1.67. The first-order valence-electron chi connectivity index (χ1n) is 6.92. The van der Waals surface area contributed by atoms with Gasteiger partial charge < -0.3 is 9.88 Å². The molecule has 0 spiro atoms. The van der Waals surface area contributed by atoms with Crippen LogP contribution in [-0.4, -0.2) is 18.2 Å². The molecule has 1 aliphatic carbocycles. The molecule has 1 aromatic carbocycles. The first-order valence-corrected chi connectivity index (χ1v) is 6.92. The highest BCUT2D eigenvalue weighted by Gasteiger charge is 2.24. The molecule has 0 fully saturated rings. The molecule has 2 nitrogen and oxygen atoms in total. The van der Waals surface area contributed by atoms with E-state index in [-0.39, 0.29) is 0 Å². The lowest BCUT2D eigenvalue weighted by molar-refractivity contribution is 0.434.